The van der Waals surface area contributed by atoms with Crippen LogP contribution in [0.5, 0.6) is 5.75 Å². The van der Waals surface area contributed by atoms with Crippen LogP contribution in [0.15, 0.2) is 24.3 Å². The molecule has 1 aliphatic rings. The lowest BCUT2D eigenvalue weighted by atomic mass is 10.3. The summed E-state index contributed by atoms with van der Waals surface area (Å²) in [5, 5.41) is 11.3. The number of hydrogen-bond acceptors (Lipinski definition) is 4. The second kappa shape index (κ2) is 6.76. The number of hydrogen-bond donors (Lipinski definition) is 2. The number of anilines is 1. The van der Waals surface area contributed by atoms with Crippen molar-refractivity contribution in [1.82, 2.24) is 4.90 Å². The summed E-state index contributed by atoms with van der Waals surface area (Å²) in [5.74, 6) is -0.591. The van der Waals surface area contributed by atoms with Crippen LogP contribution in [0.25, 0.3) is 0 Å². The van der Waals surface area contributed by atoms with Gasteiger partial charge >= 0.3 is 12.0 Å². The first-order valence-corrected chi connectivity index (χ1v) is 6.23. The fourth-order valence-electron chi connectivity index (χ4n) is 1.75. The van der Waals surface area contributed by atoms with Gasteiger partial charge in [0.15, 0.2) is 6.61 Å². The quantitative estimate of drug-likeness (QED) is 0.859. The molecule has 0 atom stereocenters. The van der Waals surface area contributed by atoms with Crippen LogP contribution in [0.3, 0.4) is 0 Å². The Morgan fingerprint density at radius 1 is 1.25 bits per heavy atom. The van der Waals surface area contributed by atoms with E-state index in [9.17, 15) is 9.59 Å². The van der Waals surface area contributed by atoms with Crippen molar-refractivity contribution in [3.8, 4) is 5.75 Å². The molecular weight excluding hydrogens is 264 g/mol. The molecule has 0 unspecified atom stereocenters. The number of nitrogens with zero attached hydrogens (tertiary/aromatic N) is 1. The Morgan fingerprint density at radius 2 is 1.90 bits per heavy atom. The first-order chi connectivity index (χ1) is 9.65. The van der Waals surface area contributed by atoms with Gasteiger partial charge in [0.25, 0.3) is 0 Å². The van der Waals surface area contributed by atoms with E-state index >= 15 is 0 Å². The molecule has 2 rings (SSSR count). The fourth-order valence-corrected chi connectivity index (χ4v) is 1.75. The Bertz CT molecular complexity index is 468. The number of urea groups is 1. The molecule has 1 aromatic rings. The third-order valence-corrected chi connectivity index (χ3v) is 2.77. The molecule has 2 amide bonds. The summed E-state index contributed by atoms with van der Waals surface area (Å²) >= 11 is 0. The standard InChI is InChI=1S/C13H16N2O5/c16-12(17)9-20-11-3-1-10(2-4-11)14-13(18)15-5-7-19-8-6-15/h1-4H,5-9H2,(H,14,18)(H,16,17). The maximum Gasteiger partial charge on any atom is 0.341 e. The van der Waals surface area contributed by atoms with E-state index in [1.165, 1.54) is 0 Å². The SMILES string of the molecule is O=C(O)COc1ccc(NC(=O)N2CCOCC2)cc1. The van der Waals surface area contributed by atoms with Crippen molar-refractivity contribution in [3.63, 3.8) is 0 Å². The average Bonchev–Trinajstić information content (AvgIpc) is 2.47. The highest BCUT2D eigenvalue weighted by atomic mass is 16.5. The molecule has 7 nitrogen and oxygen atoms in total. The summed E-state index contributed by atoms with van der Waals surface area (Å²) in [6.07, 6.45) is 0. The van der Waals surface area contributed by atoms with Crippen LogP contribution >= 0.6 is 0 Å². The molecule has 0 spiro atoms. The lowest BCUT2D eigenvalue weighted by Crippen LogP contribution is -2.43. The second-order valence-electron chi connectivity index (χ2n) is 4.24. The van der Waals surface area contributed by atoms with Crippen LogP contribution in [-0.2, 0) is 9.53 Å². The Hall–Kier alpha value is -2.28. The van der Waals surface area contributed by atoms with Crippen LogP contribution in [-0.4, -0.2) is 54.9 Å². The van der Waals surface area contributed by atoms with Gasteiger partial charge in [-0.1, -0.05) is 0 Å². The van der Waals surface area contributed by atoms with E-state index in [0.717, 1.165) is 0 Å². The van der Waals surface area contributed by atoms with Crippen LogP contribution in [0.4, 0.5) is 10.5 Å². The minimum absolute atomic E-state index is 0.174. The normalized spacial score (nSPS) is 14.7. The Morgan fingerprint density at radius 3 is 2.50 bits per heavy atom. The number of nitrogens with one attached hydrogen (secondary N) is 1. The van der Waals surface area contributed by atoms with Gasteiger partial charge in [0.1, 0.15) is 5.75 Å². The van der Waals surface area contributed by atoms with Crippen LogP contribution < -0.4 is 10.1 Å². The number of rotatable bonds is 4. The number of amides is 2. The van der Waals surface area contributed by atoms with E-state index in [4.69, 9.17) is 14.6 Å². The van der Waals surface area contributed by atoms with Crippen molar-refractivity contribution in [2.45, 2.75) is 0 Å². The van der Waals surface area contributed by atoms with Gasteiger partial charge in [-0.05, 0) is 24.3 Å². The number of carboxylic acid groups (broad SMARTS) is 1. The van der Waals surface area contributed by atoms with Gasteiger partial charge in [-0.15, -0.1) is 0 Å². The van der Waals surface area contributed by atoms with Crippen molar-refractivity contribution >= 4 is 17.7 Å². The lowest BCUT2D eigenvalue weighted by molar-refractivity contribution is -0.139. The molecule has 0 aromatic heterocycles. The van der Waals surface area contributed by atoms with Crippen LogP contribution in [0.2, 0.25) is 0 Å². The third-order valence-electron chi connectivity index (χ3n) is 2.77. The summed E-state index contributed by atoms with van der Waals surface area (Å²) in [7, 11) is 0. The Kier molecular flexibility index (Phi) is 4.78. The van der Waals surface area contributed by atoms with Crippen molar-refractivity contribution in [2.24, 2.45) is 0 Å². The molecule has 1 fully saturated rings. The van der Waals surface area contributed by atoms with Crippen LogP contribution in [0.1, 0.15) is 0 Å². The molecule has 1 heterocycles. The lowest BCUT2D eigenvalue weighted by Gasteiger charge is -2.26. The van der Waals surface area contributed by atoms with Gasteiger partial charge in [-0.25, -0.2) is 9.59 Å². The topological polar surface area (TPSA) is 88.1 Å². The molecule has 0 aliphatic carbocycles. The zero-order valence-electron chi connectivity index (χ0n) is 10.9. The average molecular weight is 280 g/mol. The zero-order chi connectivity index (χ0) is 14.4. The van der Waals surface area contributed by atoms with Crippen molar-refractivity contribution < 1.29 is 24.2 Å². The van der Waals surface area contributed by atoms with Gasteiger partial charge in [-0.2, -0.15) is 0 Å². The molecule has 0 saturated carbocycles. The highest BCUT2D eigenvalue weighted by molar-refractivity contribution is 5.89. The summed E-state index contributed by atoms with van der Waals surface area (Å²) in [4.78, 5) is 24.0. The predicted octanol–water partition coefficient (Wildman–Crippen LogP) is 1.01. The summed E-state index contributed by atoms with van der Waals surface area (Å²) in [6.45, 7) is 1.86. The minimum Gasteiger partial charge on any atom is -0.482 e. The zero-order valence-corrected chi connectivity index (χ0v) is 10.9. The number of ether oxygens (including phenoxy) is 2. The highest BCUT2D eigenvalue weighted by Gasteiger charge is 2.16. The number of carbonyl (C=O) groups is 2. The monoisotopic (exact) mass is 280 g/mol. The van der Waals surface area contributed by atoms with E-state index in [0.29, 0.717) is 37.7 Å². The molecule has 0 radical (unpaired) electrons. The molecule has 20 heavy (non-hydrogen) atoms. The molecule has 7 heteroatoms. The maximum atomic E-state index is 11.9. The largest absolute Gasteiger partial charge is 0.482 e. The number of carboxylic acids is 1. The first kappa shape index (κ1) is 14.1. The molecule has 0 bridgehead atoms. The van der Waals surface area contributed by atoms with Crippen molar-refractivity contribution in [3.05, 3.63) is 24.3 Å². The van der Waals surface area contributed by atoms with Gasteiger partial charge in [0, 0.05) is 18.8 Å². The van der Waals surface area contributed by atoms with E-state index in [1.807, 2.05) is 0 Å². The van der Waals surface area contributed by atoms with Crippen LogP contribution in [0, 0.1) is 0 Å². The first-order valence-electron chi connectivity index (χ1n) is 6.23. The van der Waals surface area contributed by atoms with E-state index in [1.54, 1.807) is 29.2 Å². The van der Waals surface area contributed by atoms with E-state index < -0.39 is 5.97 Å². The molecule has 1 saturated heterocycles. The number of benzene rings is 1. The molecule has 108 valence electrons. The van der Waals surface area contributed by atoms with Gasteiger partial charge in [0.2, 0.25) is 0 Å². The second-order valence-corrected chi connectivity index (χ2v) is 4.24. The smallest absolute Gasteiger partial charge is 0.341 e. The molecule has 1 aliphatic heterocycles. The number of carbonyl (C=O) groups excluding carboxylic acids is 1. The Labute approximate surface area is 116 Å². The summed E-state index contributed by atoms with van der Waals surface area (Å²) in [6, 6.07) is 6.37. The molecule has 1 aromatic carbocycles. The number of aliphatic carboxylic acids is 1. The van der Waals surface area contributed by atoms with Gasteiger partial charge in [0.05, 0.1) is 13.2 Å². The minimum atomic E-state index is -1.03. The van der Waals surface area contributed by atoms with Gasteiger partial charge in [-0.3, -0.25) is 0 Å². The van der Waals surface area contributed by atoms with Gasteiger partial charge < -0.3 is 24.8 Å². The maximum absolute atomic E-state index is 11.9. The van der Waals surface area contributed by atoms with Crippen molar-refractivity contribution in [2.75, 3.05) is 38.2 Å². The number of morpholine rings is 1. The van der Waals surface area contributed by atoms with E-state index in [2.05, 4.69) is 5.32 Å². The van der Waals surface area contributed by atoms with Crippen molar-refractivity contribution in [1.29, 1.82) is 0 Å². The molecular formula is C13H16N2O5. The highest BCUT2D eigenvalue weighted by Crippen LogP contribution is 2.16. The summed E-state index contributed by atoms with van der Waals surface area (Å²) < 4.78 is 10.2. The van der Waals surface area contributed by atoms with E-state index in [-0.39, 0.29) is 12.6 Å². The summed E-state index contributed by atoms with van der Waals surface area (Å²) in [5.41, 5.74) is 0.629. The third kappa shape index (κ3) is 4.13. The Balaban J connectivity index is 1.86. The predicted molar refractivity (Wildman–Crippen MR) is 71.0 cm³/mol. The fraction of sp³-hybridized carbons (Fsp3) is 0.385. The molecule has 2 N–H and O–H groups in total.